The molecule has 79 valence electrons. The van der Waals surface area contributed by atoms with Crippen molar-refractivity contribution in [3.63, 3.8) is 0 Å². The highest BCUT2D eigenvalue weighted by Crippen LogP contribution is 1.98. The standard InChI is InChI=1S/C10H11N2O3/c11-9(13)6-10(14)12-15-7-8-4-2-1-3-5-8/h1-6H,7H2,(H2,11,13)(H,12,14). The van der Waals surface area contributed by atoms with E-state index in [0.29, 0.717) is 6.42 Å². The summed E-state index contributed by atoms with van der Waals surface area (Å²) in [4.78, 5) is 26.0. The summed E-state index contributed by atoms with van der Waals surface area (Å²) in [6.07, 6.45) is 0.713. The topological polar surface area (TPSA) is 81.4 Å². The largest absolute Gasteiger partial charge is 0.369 e. The molecule has 0 heterocycles. The highest BCUT2D eigenvalue weighted by Gasteiger charge is 2.05. The summed E-state index contributed by atoms with van der Waals surface area (Å²) in [5.74, 6) is -1.48. The molecule has 0 unspecified atom stereocenters. The zero-order valence-electron chi connectivity index (χ0n) is 7.97. The van der Waals surface area contributed by atoms with Crippen molar-refractivity contribution >= 4 is 11.8 Å². The molecule has 0 aliphatic rings. The number of nitrogens with two attached hydrogens (primary N) is 1. The number of carbonyl (C=O) groups is 2. The predicted octanol–water partition coefficient (Wildman–Crippen LogP) is -0.0760. The first-order valence-corrected chi connectivity index (χ1v) is 4.28. The molecule has 1 radical (unpaired) electrons. The van der Waals surface area contributed by atoms with Crippen molar-refractivity contribution in [3.8, 4) is 0 Å². The maximum atomic E-state index is 10.9. The summed E-state index contributed by atoms with van der Waals surface area (Å²) < 4.78 is 0. The number of primary amides is 1. The van der Waals surface area contributed by atoms with E-state index in [1.807, 2.05) is 30.3 Å². The molecule has 15 heavy (non-hydrogen) atoms. The van der Waals surface area contributed by atoms with Crippen LogP contribution < -0.4 is 11.2 Å². The molecule has 0 aliphatic heterocycles. The minimum absolute atomic E-state index is 0.235. The van der Waals surface area contributed by atoms with Crippen LogP contribution in [0, 0.1) is 6.42 Å². The van der Waals surface area contributed by atoms with Gasteiger partial charge in [-0.3, -0.25) is 14.4 Å². The molecule has 0 atom stereocenters. The summed E-state index contributed by atoms with van der Waals surface area (Å²) in [7, 11) is 0. The first-order chi connectivity index (χ1) is 7.18. The molecule has 1 rings (SSSR count). The number of rotatable bonds is 5. The van der Waals surface area contributed by atoms with Crippen molar-refractivity contribution in [2.45, 2.75) is 6.61 Å². The lowest BCUT2D eigenvalue weighted by Gasteiger charge is -2.04. The van der Waals surface area contributed by atoms with Gasteiger partial charge in [0.1, 0.15) is 6.42 Å². The van der Waals surface area contributed by atoms with Gasteiger partial charge in [-0.25, -0.2) is 5.48 Å². The molecule has 0 fully saturated rings. The summed E-state index contributed by atoms with van der Waals surface area (Å²) >= 11 is 0. The van der Waals surface area contributed by atoms with Gasteiger partial charge in [-0.2, -0.15) is 0 Å². The fourth-order valence-corrected chi connectivity index (χ4v) is 0.923. The van der Waals surface area contributed by atoms with Crippen LogP contribution in [-0.2, 0) is 21.0 Å². The van der Waals surface area contributed by atoms with Gasteiger partial charge < -0.3 is 5.73 Å². The van der Waals surface area contributed by atoms with Gasteiger partial charge in [0.25, 0.3) is 5.91 Å². The molecule has 5 nitrogen and oxygen atoms in total. The molecular weight excluding hydrogens is 196 g/mol. The molecule has 5 heteroatoms. The average molecular weight is 207 g/mol. The first-order valence-electron chi connectivity index (χ1n) is 4.28. The number of nitrogens with one attached hydrogen (secondary N) is 1. The van der Waals surface area contributed by atoms with Crippen LogP contribution in [0.3, 0.4) is 0 Å². The van der Waals surface area contributed by atoms with Gasteiger partial charge in [0.2, 0.25) is 5.91 Å². The first kappa shape index (κ1) is 11.2. The number of amides is 2. The summed E-state index contributed by atoms with van der Waals surface area (Å²) in [6, 6.07) is 9.29. The third-order valence-electron chi connectivity index (χ3n) is 1.53. The van der Waals surface area contributed by atoms with E-state index >= 15 is 0 Å². The van der Waals surface area contributed by atoms with Crippen molar-refractivity contribution in [1.29, 1.82) is 0 Å². The average Bonchev–Trinajstić information content (AvgIpc) is 2.18. The third kappa shape index (κ3) is 4.78. The molecule has 1 aromatic rings. The highest BCUT2D eigenvalue weighted by molar-refractivity contribution is 6.07. The molecule has 2 amide bonds. The SMILES string of the molecule is NC(=O)[CH]C(=O)NOCc1ccccc1. The Labute approximate surface area is 87.2 Å². The molecule has 3 N–H and O–H groups in total. The van der Waals surface area contributed by atoms with Crippen molar-refractivity contribution in [3.05, 3.63) is 42.3 Å². The van der Waals surface area contributed by atoms with Gasteiger partial charge in [-0.05, 0) is 5.56 Å². The van der Waals surface area contributed by atoms with E-state index in [4.69, 9.17) is 10.6 Å². The Morgan fingerprint density at radius 1 is 1.33 bits per heavy atom. The second-order valence-corrected chi connectivity index (χ2v) is 2.79. The molecule has 0 saturated carbocycles. The zero-order valence-corrected chi connectivity index (χ0v) is 7.97. The molecule has 0 saturated heterocycles. The van der Waals surface area contributed by atoms with E-state index in [2.05, 4.69) is 5.48 Å². The van der Waals surface area contributed by atoms with Gasteiger partial charge in [0.15, 0.2) is 0 Å². The van der Waals surface area contributed by atoms with Crippen molar-refractivity contribution in [1.82, 2.24) is 5.48 Å². The van der Waals surface area contributed by atoms with Crippen molar-refractivity contribution in [2.75, 3.05) is 0 Å². The molecule has 1 aromatic carbocycles. The highest BCUT2D eigenvalue weighted by atomic mass is 16.6. The number of hydrogen-bond acceptors (Lipinski definition) is 3. The zero-order chi connectivity index (χ0) is 11.1. The van der Waals surface area contributed by atoms with Gasteiger partial charge in [-0.1, -0.05) is 30.3 Å². The molecule has 0 aromatic heterocycles. The second-order valence-electron chi connectivity index (χ2n) is 2.79. The Kier molecular flexibility index (Phi) is 4.30. The fourth-order valence-electron chi connectivity index (χ4n) is 0.923. The van der Waals surface area contributed by atoms with Crippen LogP contribution in [0.1, 0.15) is 5.56 Å². The fraction of sp³-hybridized carbons (Fsp3) is 0.100. The lowest BCUT2D eigenvalue weighted by molar-refractivity contribution is -0.133. The summed E-state index contributed by atoms with van der Waals surface area (Å²) in [5, 5.41) is 0. The number of hydrogen-bond donors (Lipinski definition) is 2. The van der Waals surface area contributed by atoms with E-state index < -0.39 is 11.8 Å². The lowest BCUT2D eigenvalue weighted by Crippen LogP contribution is -2.29. The number of hydroxylamine groups is 1. The van der Waals surface area contributed by atoms with Gasteiger partial charge in [0.05, 0.1) is 6.61 Å². The maximum Gasteiger partial charge on any atom is 0.257 e. The van der Waals surface area contributed by atoms with E-state index in [1.54, 1.807) is 0 Å². The smallest absolute Gasteiger partial charge is 0.257 e. The Morgan fingerprint density at radius 2 is 2.00 bits per heavy atom. The quantitative estimate of drug-likeness (QED) is 0.523. The normalized spacial score (nSPS) is 9.60. The van der Waals surface area contributed by atoms with Crippen LogP contribution in [0.15, 0.2) is 30.3 Å². The Morgan fingerprint density at radius 3 is 2.60 bits per heavy atom. The molecule has 0 aliphatic carbocycles. The summed E-state index contributed by atoms with van der Waals surface area (Å²) in [6.45, 7) is 0.235. The van der Waals surface area contributed by atoms with Crippen LogP contribution in [0.2, 0.25) is 0 Å². The predicted molar refractivity (Wildman–Crippen MR) is 52.9 cm³/mol. The monoisotopic (exact) mass is 207 g/mol. The lowest BCUT2D eigenvalue weighted by atomic mass is 10.2. The minimum Gasteiger partial charge on any atom is -0.369 e. The Bertz CT molecular complexity index is 338. The minimum atomic E-state index is -0.809. The summed E-state index contributed by atoms with van der Waals surface area (Å²) in [5.41, 5.74) is 7.75. The maximum absolute atomic E-state index is 10.9. The van der Waals surface area contributed by atoms with Crippen molar-refractivity contribution < 1.29 is 14.4 Å². The Hall–Kier alpha value is -1.88. The van der Waals surface area contributed by atoms with Crippen LogP contribution in [0.5, 0.6) is 0 Å². The van der Waals surface area contributed by atoms with Crippen LogP contribution in [0.4, 0.5) is 0 Å². The molecule has 0 spiro atoms. The molecule has 0 bridgehead atoms. The second kappa shape index (κ2) is 5.77. The molecular formula is C10H11N2O3. The van der Waals surface area contributed by atoms with E-state index in [0.717, 1.165) is 5.56 Å². The van der Waals surface area contributed by atoms with Crippen LogP contribution in [0.25, 0.3) is 0 Å². The number of carbonyl (C=O) groups excluding carboxylic acids is 2. The van der Waals surface area contributed by atoms with Crippen molar-refractivity contribution in [2.24, 2.45) is 5.73 Å². The van der Waals surface area contributed by atoms with Gasteiger partial charge in [-0.15, -0.1) is 0 Å². The van der Waals surface area contributed by atoms with E-state index in [9.17, 15) is 9.59 Å². The van der Waals surface area contributed by atoms with Crippen LogP contribution in [-0.4, -0.2) is 11.8 Å². The Balaban J connectivity index is 2.22. The van der Waals surface area contributed by atoms with Gasteiger partial charge >= 0.3 is 0 Å². The van der Waals surface area contributed by atoms with E-state index in [1.165, 1.54) is 0 Å². The van der Waals surface area contributed by atoms with Gasteiger partial charge in [0, 0.05) is 0 Å². The number of benzene rings is 1. The van der Waals surface area contributed by atoms with Crippen LogP contribution >= 0.6 is 0 Å². The third-order valence-corrected chi connectivity index (χ3v) is 1.53. The van der Waals surface area contributed by atoms with E-state index in [-0.39, 0.29) is 6.61 Å².